The average molecular weight is 484 g/mol. The summed E-state index contributed by atoms with van der Waals surface area (Å²) in [6.45, 7) is 5.44. The molecule has 0 radical (unpaired) electrons. The standard InChI is InChI=1S/C16H24N2O2.C15H13N/c1-4-15(17(2)3)16(19)13-5-7-14(8-6-13)18-9-11-20-12-10-18;1-2-6-12(7-3-1)10-14-11-13-8-4-5-9-15(13)16-14/h5-8,15H,4,9-12H2,1-3H3;1-9,11,16H,10H2. The Balaban J connectivity index is 0.000000173. The molecule has 1 fully saturated rings. The Morgan fingerprint density at radius 3 is 2.25 bits per heavy atom. The van der Waals surface area contributed by atoms with Crippen molar-refractivity contribution >= 4 is 22.4 Å². The number of ketones is 1. The first-order valence-electron chi connectivity index (χ1n) is 12.8. The van der Waals surface area contributed by atoms with E-state index >= 15 is 0 Å². The van der Waals surface area contributed by atoms with Gasteiger partial charge in [-0.15, -0.1) is 0 Å². The summed E-state index contributed by atoms with van der Waals surface area (Å²) < 4.78 is 5.35. The van der Waals surface area contributed by atoms with Crippen LogP contribution in [0.5, 0.6) is 0 Å². The van der Waals surface area contributed by atoms with Gasteiger partial charge in [-0.05, 0) is 67.9 Å². The van der Waals surface area contributed by atoms with Crippen LogP contribution < -0.4 is 4.90 Å². The number of likely N-dealkylation sites (N-methyl/N-ethyl adjacent to an activating group) is 1. The summed E-state index contributed by atoms with van der Waals surface area (Å²) in [5.41, 5.74) is 5.79. The SMILES string of the molecule is CCC(C(=O)c1ccc(N2CCOCC2)cc1)N(C)C.c1ccc(Cc2cc3ccccc3[nH]2)cc1. The summed E-state index contributed by atoms with van der Waals surface area (Å²) >= 11 is 0. The molecule has 5 heteroatoms. The largest absolute Gasteiger partial charge is 0.378 e. The fourth-order valence-electron chi connectivity index (χ4n) is 4.68. The van der Waals surface area contributed by atoms with Gasteiger partial charge < -0.3 is 14.6 Å². The fourth-order valence-corrected chi connectivity index (χ4v) is 4.68. The summed E-state index contributed by atoms with van der Waals surface area (Å²) in [4.78, 5) is 20.2. The van der Waals surface area contributed by atoms with E-state index < -0.39 is 0 Å². The number of ether oxygens (including phenoxy) is 1. The number of aromatic nitrogens is 1. The summed E-state index contributed by atoms with van der Waals surface area (Å²) in [6, 6.07) is 29.1. The molecule has 3 aromatic carbocycles. The number of carbonyl (C=O) groups excluding carboxylic acids is 1. The molecule has 0 saturated carbocycles. The van der Waals surface area contributed by atoms with E-state index in [4.69, 9.17) is 4.74 Å². The van der Waals surface area contributed by atoms with Crippen molar-refractivity contribution in [1.82, 2.24) is 9.88 Å². The van der Waals surface area contributed by atoms with Crippen molar-refractivity contribution < 1.29 is 9.53 Å². The van der Waals surface area contributed by atoms with Crippen LogP contribution >= 0.6 is 0 Å². The van der Waals surface area contributed by atoms with Crippen molar-refractivity contribution in [3.63, 3.8) is 0 Å². The first-order chi connectivity index (χ1) is 17.5. The van der Waals surface area contributed by atoms with Gasteiger partial charge in [-0.3, -0.25) is 9.69 Å². The van der Waals surface area contributed by atoms with Crippen LogP contribution in [0, 0.1) is 0 Å². The second kappa shape index (κ2) is 12.5. The molecule has 1 unspecified atom stereocenters. The number of carbonyl (C=O) groups is 1. The minimum Gasteiger partial charge on any atom is -0.378 e. The molecule has 0 bridgehead atoms. The zero-order valence-electron chi connectivity index (χ0n) is 21.6. The minimum atomic E-state index is -0.0377. The number of nitrogens with zero attached hydrogens (tertiary/aromatic N) is 2. The van der Waals surface area contributed by atoms with E-state index in [9.17, 15) is 4.79 Å². The Morgan fingerprint density at radius 1 is 0.944 bits per heavy atom. The zero-order chi connectivity index (χ0) is 25.3. The van der Waals surface area contributed by atoms with Crippen LogP contribution in [0.25, 0.3) is 10.9 Å². The van der Waals surface area contributed by atoms with Gasteiger partial charge in [0.1, 0.15) is 0 Å². The number of benzene rings is 3. The molecule has 2 heterocycles. The molecule has 5 nitrogen and oxygen atoms in total. The third-order valence-corrected chi connectivity index (χ3v) is 6.66. The fraction of sp³-hybridized carbons (Fsp3) is 0.323. The lowest BCUT2D eigenvalue weighted by Gasteiger charge is -2.29. The molecule has 188 valence electrons. The highest BCUT2D eigenvalue weighted by Crippen LogP contribution is 2.19. The predicted molar refractivity (Wildman–Crippen MR) is 149 cm³/mol. The van der Waals surface area contributed by atoms with Crippen LogP contribution in [-0.2, 0) is 11.2 Å². The molecule has 0 spiro atoms. The Hall–Kier alpha value is -3.41. The van der Waals surface area contributed by atoms with Crippen molar-refractivity contribution in [2.24, 2.45) is 0 Å². The second-order valence-electron chi connectivity index (χ2n) is 9.44. The second-order valence-corrected chi connectivity index (χ2v) is 9.44. The van der Waals surface area contributed by atoms with Gasteiger partial charge in [-0.25, -0.2) is 0 Å². The molecule has 4 aromatic rings. The van der Waals surface area contributed by atoms with Crippen molar-refractivity contribution in [2.45, 2.75) is 25.8 Å². The molecular weight excluding hydrogens is 446 g/mol. The van der Waals surface area contributed by atoms with E-state index in [-0.39, 0.29) is 11.8 Å². The molecule has 1 atom stereocenters. The normalized spacial score (nSPS) is 14.4. The Bertz CT molecular complexity index is 1190. The van der Waals surface area contributed by atoms with Crippen LogP contribution in [0.3, 0.4) is 0 Å². The molecule has 36 heavy (non-hydrogen) atoms. The maximum Gasteiger partial charge on any atom is 0.179 e. The van der Waals surface area contributed by atoms with Gasteiger partial charge in [0.15, 0.2) is 5.78 Å². The van der Waals surface area contributed by atoms with E-state index in [0.717, 1.165) is 44.7 Å². The highest BCUT2D eigenvalue weighted by molar-refractivity contribution is 6.00. The first kappa shape index (κ1) is 25.7. The number of hydrogen-bond donors (Lipinski definition) is 1. The molecule has 5 rings (SSSR count). The number of morpholine rings is 1. The van der Waals surface area contributed by atoms with E-state index in [1.165, 1.54) is 27.8 Å². The van der Waals surface area contributed by atoms with Gasteiger partial charge in [-0.2, -0.15) is 0 Å². The maximum absolute atomic E-state index is 12.4. The molecule has 1 saturated heterocycles. The number of aromatic amines is 1. The molecule has 1 aliphatic heterocycles. The van der Waals surface area contributed by atoms with E-state index in [2.05, 4.69) is 70.5 Å². The van der Waals surface area contributed by atoms with Crippen LogP contribution in [0.1, 0.15) is 35.0 Å². The van der Waals surface area contributed by atoms with Crippen molar-refractivity contribution in [1.29, 1.82) is 0 Å². The summed E-state index contributed by atoms with van der Waals surface area (Å²) in [5.74, 6) is 0.200. The summed E-state index contributed by atoms with van der Waals surface area (Å²) in [6.07, 6.45) is 1.80. The van der Waals surface area contributed by atoms with Crippen LogP contribution in [0.4, 0.5) is 5.69 Å². The molecule has 1 aromatic heterocycles. The van der Waals surface area contributed by atoms with E-state index in [0.29, 0.717) is 0 Å². The van der Waals surface area contributed by atoms with Crippen LogP contribution in [0.15, 0.2) is 84.9 Å². The highest BCUT2D eigenvalue weighted by Gasteiger charge is 2.20. The number of rotatable bonds is 7. The Labute approximate surface area is 214 Å². The highest BCUT2D eigenvalue weighted by atomic mass is 16.5. The number of para-hydroxylation sites is 1. The summed E-state index contributed by atoms with van der Waals surface area (Å²) in [7, 11) is 3.91. The number of fused-ring (bicyclic) bond motifs is 1. The van der Waals surface area contributed by atoms with Crippen LogP contribution in [-0.4, -0.2) is 62.1 Å². The van der Waals surface area contributed by atoms with E-state index in [1.807, 2.05) is 50.2 Å². The predicted octanol–water partition coefficient (Wildman–Crippen LogP) is 5.80. The smallest absolute Gasteiger partial charge is 0.179 e. The van der Waals surface area contributed by atoms with Crippen molar-refractivity contribution in [3.8, 4) is 0 Å². The minimum absolute atomic E-state index is 0.0377. The van der Waals surface area contributed by atoms with Gasteiger partial charge in [-0.1, -0.05) is 55.5 Å². The van der Waals surface area contributed by atoms with Gasteiger partial charge in [0.05, 0.1) is 19.3 Å². The molecule has 0 amide bonds. The van der Waals surface area contributed by atoms with Crippen molar-refractivity contribution in [2.75, 3.05) is 45.3 Å². The number of anilines is 1. The van der Waals surface area contributed by atoms with Gasteiger partial charge in [0, 0.05) is 42.0 Å². The molecule has 1 aliphatic rings. The monoisotopic (exact) mass is 483 g/mol. The Kier molecular flexibility index (Phi) is 8.93. The number of Topliss-reactive ketones (excluding diaryl/α,β-unsaturated/α-hetero) is 1. The lowest BCUT2D eigenvalue weighted by Crippen LogP contribution is -2.36. The Morgan fingerprint density at radius 2 is 1.61 bits per heavy atom. The molecule has 1 N–H and O–H groups in total. The van der Waals surface area contributed by atoms with Crippen molar-refractivity contribution in [3.05, 3.63) is 102 Å². The quantitative estimate of drug-likeness (QED) is 0.337. The lowest BCUT2D eigenvalue weighted by molar-refractivity contribution is 0.0871. The maximum atomic E-state index is 12.4. The average Bonchev–Trinajstić information content (AvgIpc) is 3.33. The third kappa shape index (κ3) is 6.62. The third-order valence-electron chi connectivity index (χ3n) is 6.66. The lowest BCUT2D eigenvalue weighted by atomic mass is 10.0. The molecular formula is C31H37N3O2. The molecule has 0 aliphatic carbocycles. The summed E-state index contributed by atoms with van der Waals surface area (Å²) in [5, 5.41) is 1.29. The van der Waals surface area contributed by atoms with E-state index in [1.54, 1.807) is 0 Å². The van der Waals surface area contributed by atoms with Gasteiger partial charge >= 0.3 is 0 Å². The topological polar surface area (TPSA) is 48.6 Å². The number of hydrogen-bond acceptors (Lipinski definition) is 4. The first-order valence-corrected chi connectivity index (χ1v) is 12.8. The number of H-pyrrole nitrogens is 1. The zero-order valence-corrected chi connectivity index (χ0v) is 21.6. The van der Waals surface area contributed by atoms with Gasteiger partial charge in [0.2, 0.25) is 0 Å². The van der Waals surface area contributed by atoms with Gasteiger partial charge in [0.25, 0.3) is 0 Å². The number of nitrogens with one attached hydrogen (secondary N) is 1. The van der Waals surface area contributed by atoms with Crippen LogP contribution in [0.2, 0.25) is 0 Å².